The van der Waals surface area contributed by atoms with E-state index in [1.165, 1.54) is 0 Å². The van der Waals surface area contributed by atoms with Gasteiger partial charge in [0.25, 0.3) is 0 Å². The van der Waals surface area contributed by atoms with E-state index in [0.717, 1.165) is 24.8 Å². The Morgan fingerprint density at radius 2 is 2.04 bits per heavy atom. The number of hydrogen-bond acceptors (Lipinski definition) is 5. The Bertz CT molecular complexity index is 862. The maximum Gasteiger partial charge on any atom is 0.243 e. The van der Waals surface area contributed by atoms with Gasteiger partial charge in [0.05, 0.1) is 4.90 Å². The van der Waals surface area contributed by atoms with E-state index in [-0.39, 0.29) is 17.0 Å². The van der Waals surface area contributed by atoms with Crippen molar-refractivity contribution in [3.63, 3.8) is 0 Å². The zero-order chi connectivity index (χ0) is 20.1. The largest absolute Gasteiger partial charge is 0.378 e. The molecular formula is C20H26ClN3O3S. The summed E-state index contributed by atoms with van der Waals surface area (Å²) in [6, 6.07) is 9.68. The average molecular weight is 424 g/mol. The van der Waals surface area contributed by atoms with Gasteiger partial charge in [-0.3, -0.25) is 10.3 Å². The summed E-state index contributed by atoms with van der Waals surface area (Å²) in [5, 5.41) is 13.9. The van der Waals surface area contributed by atoms with Crippen molar-refractivity contribution in [1.29, 1.82) is 0 Å². The quantitative estimate of drug-likeness (QED) is 0.669. The van der Waals surface area contributed by atoms with Gasteiger partial charge in [-0.1, -0.05) is 24.1 Å². The zero-order valence-electron chi connectivity index (χ0n) is 15.8. The van der Waals surface area contributed by atoms with E-state index in [9.17, 15) is 13.5 Å². The van der Waals surface area contributed by atoms with E-state index in [1.807, 2.05) is 19.1 Å². The van der Waals surface area contributed by atoms with Crippen LogP contribution in [0.2, 0.25) is 5.02 Å². The van der Waals surface area contributed by atoms with Crippen molar-refractivity contribution in [2.75, 3.05) is 6.54 Å². The Hall–Kier alpha value is -1.51. The number of aromatic nitrogens is 1. The number of benzene rings is 1. The van der Waals surface area contributed by atoms with Crippen LogP contribution in [0.1, 0.15) is 31.7 Å². The second-order valence-corrected chi connectivity index (χ2v) is 9.49. The molecular weight excluding hydrogens is 398 g/mol. The second kappa shape index (κ2) is 9.33. The summed E-state index contributed by atoms with van der Waals surface area (Å²) in [5.41, 5.74) is 0.921. The van der Waals surface area contributed by atoms with E-state index in [1.54, 1.807) is 41.0 Å². The standard InChI is InChI=1S/C20H26ClN3O3S/c1-15-4-2-6-18(14-23-20(25)12-16-5-3-11-22-13-16)24(15)28(26,27)19-9-7-17(21)8-10-19/h3,5,7-11,13,15,18,20,23,25H,2,4,6,12,14H2,1H3/t15-,18-,20?/m1/s1. The van der Waals surface area contributed by atoms with Crippen LogP contribution >= 0.6 is 11.6 Å². The molecule has 8 heteroatoms. The molecule has 1 aliphatic heterocycles. The lowest BCUT2D eigenvalue weighted by Crippen LogP contribution is -2.53. The lowest BCUT2D eigenvalue weighted by Gasteiger charge is -2.40. The lowest BCUT2D eigenvalue weighted by molar-refractivity contribution is 0.113. The van der Waals surface area contributed by atoms with Crippen molar-refractivity contribution in [2.24, 2.45) is 0 Å². The minimum Gasteiger partial charge on any atom is -0.378 e. The van der Waals surface area contributed by atoms with E-state index in [4.69, 9.17) is 11.6 Å². The number of aliphatic hydroxyl groups is 1. The molecule has 3 rings (SSSR count). The van der Waals surface area contributed by atoms with Crippen molar-refractivity contribution < 1.29 is 13.5 Å². The zero-order valence-corrected chi connectivity index (χ0v) is 17.4. The molecule has 2 N–H and O–H groups in total. The highest BCUT2D eigenvalue weighted by atomic mass is 35.5. The molecule has 0 bridgehead atoms. The van der Waals surface area contributed by atoms with Crippen LogP contribution in [0.5, 0.6) is 0 Å². The number of hydrogen-bond donors (Lipinski definition) is 2. The van der Waals surface area contributed by atoms with Crippen molar-refractivity contribution in [1.82, 2.24) is 14.6 Å². The average Bonchev–Trinajstić information content (AvgIpc) is 2.67. The Morgan fingerprint density at radius 1 is 1.29 bits per heavy atom. The molecule has 1 aromatic heterocycles. The molecule has 0 aliphatic carbocycles. The second-order valence-electron chi connectivity index (χ2n) is 7.21. The predicted molar refractivity (Wildman–Crippen MR) is 110 cm³/mol. The van der Waals surface area contributed by atoms with Gasteiger partial charge in [0.1, 0.15) is 6.23 Å². The van der Waals surface area contributed by atoms with E-state index in [2.05, 4.69) is 10.3 Å². The molecule has 0 amide bonds. The molecule has 0 saturated carbocycles. The predicted octanol–water partition coefficient (Wildman–Crippen LogP) is 2.82. The molecule has 1 fully saturated rings. The van der Waals surface area contributed by atoms with E-state index >= 15 is 0 Å². The van der Waals surface area contributed by atoms with Gasteiger partial charge in [-0.2, -0.15) is 4.31 Å². The van der Waals surface area contributed by atoms with Gasteiger partial charge in [-0.25, -0.2) is 8.42 Å². The lowest BCUT2D eigenvalue weighted by atomic mass is 9.99. The topological polar surface area (TPSA) is 82.5 Å². The van der Waals surface area contributed by atoms with Gasteiger partial charge in [0.15, 0.2) is 0 Å². The number of sulfonamides is 1. The summed E-state index contributed by atoms with van der Waals surface area (Å²) in [4.78, 5) is 4.29. The number of halogens is 1. The summed E-state index contributed by atoms with van der Waals surface area (Å²) in [6.45, 7) is 2.32. The molecule has 0 radical (unpaired) electrons. The fraction of sp³-hybridized carbons (Fsp3) is 0.450. The maximum absolute atomic E-state index is 13.2. The van der Waals surface area contributed by atoms with E-state index < -0.39 is 16.3 Å². The summed E-state index contributed by atoms with van der Waals surface area (Å²) >= 11 is 5.91. The summed E-state index contributed by atoms with van der Waals surface area (Å²) in [6.07, 6.45) is 5.59. The third-order valence-electron chi connectivity index (χ3n) is 5.08. The SMILES string of the molecule is C[C@@H]1CCC[C@H](CNC(O)Cc2cccnc2)N1S(=O)(=O)c1ccc(Cl)cc1. The van der Waals surface area contributed by atoms with Crippen molar-refractivity contribution in [3.05, 3.63) is 59.4 Å². The van der Waals surface area contributed by atoms with Gasteiger partial charge in [0, 0.05) is 42.5 Å². The Morgan fingerprint density at radius 3 is 2.71 bits per heavy atom. The molecule has 1 aromatic carbocycles. The number of pyridine rings is 1. The minimum absolute atomic E-state index is 0.100. The van der Waals surface area contributed by atoms with Crippen LogP contribution in [0.25, 0.3) is 0 Å². The van der Waals surface area contributed by atoms with E-state index in [0.29, 0.717) is 18.0 Å². The molecule has 1 aliphatic rings. The Balaban J connectivity index is 1.70. The molecule has 28 heavy (non-hydrogen) atoms. The van der Waals surface area contributed by atoms with Crippen LogP contribution in [0, 0.1) is 0 Å². The van der Waals surface area contributed by atoms with Crippen LogP contribution in [0.3, 0.4) is 0 Å². The van der Waals surface area contributed by atoms with Gasteiger partial charge < -0.3 is 5.11 Å². The fourth-order valence-electron chi connectivity index (χ4n) is 3.70. The number of nitrogens with one attached hydrogen (secondary N) is 1. The minimum atomic E-state index is -3.64. The first kappa shape index (κ1) is 21.2. The van der Waals surface area contributed by atoms with Crippen LogP contribution in [0.4, 0.5) is 0 Å². The first-order valence-electron chi connectivity index (χ1n) is 9.47. The first-order valence-corrected chi connectivity index (χ1v) is 11.3. The smallest absolute Gasteiger partial charge is 0.243 e. The van der Waals surface area contributed by atoms with Crippen LogP contribution < -0.4 is 5.32 Å². The molecule has 1 saturated heterocycles. The fourth-order valence-corrected chi connectivity index (χ4v) is 5.70. The molecule has 2 aromatic rings. The molecule has 152 valence electrons. The van der Waals surface area contributed by atoms with Crippen molar-refractivity contribution in [2.45, 2.75) is 55.8 Å². The normalized spacial score (nSPS) is 22.1. The first-order chi connectivity index (χ1) is 13.4. The van der Waals surface area contributed by atoms with Crippen LogP contribution in [-0.4, -0.2) is 47.7 Å². The third-order valence-corrected chi connectivity index (χ3v) is 7.42. The molecule has 6 nitrogen and oxygen atoms in total. The number of aliphatic hydroxyl groups excluding tert-OH is 1. The molecule has 1 unspecified atom stereocenters. The number of piperidine rings is 1. The highest BCUT2D eigenvalue weighted by Gasteiger charge is 2.37. The maximum atomic E-state index is 13.2. The number of rotatable bonds is 7. The van der Waals surface area contributed by atoms with Crippen molar-refractivity contribution >= 4 is 21.6 Å². The molecule has 2 heterocycles. The van der Waals surface area contributed by atoms with Crippen LogP contribution in [-0.2, 0) is 16.4 Å². The summed E-state index contributed by atoms with van der Waals surface area (Å²) in [7, 11) is -3.64. The van der Waals surface area contributed by atoms with Gasteiger partial charge in [0.2, 0.25) is 10.0 Å². The van der Waals surface area contributed by atoms with Gasteiger partial charge >= 0.3 is 0 Å². The highest BCUT2D eigenvalue weighted by molar-refractivity contribution is 7.89. The number of nitrogens with zero attached hydrogens (tertiary/aromatic N) is 2. The monoisotopic (exact) mass is 423 g/mol. The van der Waals surface area contributed by atoms with Gasteiger partial charge in [-0.15, -0.1) is 0 Å². The van der Waals surface area contributed by atoms with Crippen LogP contribution in [0.15, 0.2) is 53.7 Å². The van der Waals surface area contributed by atoms with Gasteiger partial charge in [-0.05, 0) is 55.7 Å². The third kappa shape index (κ3) is 5.10. The highest BCUT2D eigenvalue weighted by Crippen LogP contribution is 2.30. The molecule has 0 spiro atoms. The molecule has 3 atom stereocenters. The Kier molecular flexibility index (Phi) is 7.06. The summed E-state index contributed by atoms with van der Waals surface area (Å²) in [5.74, 6) is 0. The van der Waals surface area contributed by atoms with Crippen molar-refractivity contribution in [3.8, 4) is 0 Å². The Labute approximate surface area is 171 Å². The summed E-state index contributed by atoms with van der Waals surface area (Å²) < 4.78 is 28.1.